The predicted octanol–water partition coefficient (Wildman–Crippen LogP) is 2.93. The largest absolute Gasteiger partial charge is 0.473 e. The number of ether oxygens (including phenoxy) is 1. The minimum absolute atomic E-state index is 0.0872. The Kier molecular flexibility index (Phi) is 3.29. The highest BCUT2D eigenvalue weighted by Crippen LogP contribution is 2.33. The molecule has 2 aliphatic heterocycles. The molecule has 2 atom stereocenters. The molecule has 0 unspecified atom stereocenters. The lowest BCUT2D eigenvalue weighted by Gasteiger charge is -2.23. The van der Waals surface area contributed by atoms with Crippen LogP contribution in [0.2, 0.25) is 0 Å². The van der Waals surface area contributed by atoms with Gasteiger partial charge in [0.2, 0.25) is 0 Å². The van der Waals surface area contributed by atoms with Crippen molar-refractivity contribution in [3.8, 4) is 0 Å². The molecule has 0 radical (unpaired) electrons. The highest BCUT2D eigenvalue weighted by Gasteiger charge is 2.37. The molecule has 2 heterocycles. The fourth-order valence-corrected chi connectivity index (χ4v) is 3.38. The van der Waals surface area contributed by atoms with Crippen molar-refractivity contribution >= 4 is 23.1 Å². The highest BCUT2D eigenvalue weighted by molar-refractivity contribution is 5.90. The van der Waals surface area contributed by atoms with Gasteiger partial charge in [0, 0.05) is 18.7 Å². The quantitative estimate of drug-likeness (QED) is 0.854. The third kappa shape index (κ3) is 2.15. The maximum absolute atomic E-state index is 12.7. The zero-order valence-electron chi connectivity index (χ0n) is 12.3. The molecule has 2 aromatic rings. The van der Waals surface area contributed by atoms with Gasteiger partial charge in [0.25, 0.3) is 5.91 Å². The molecule has 2 aromatic carbocycles. The molecule has 1 saturated heterocycles. The Balaban J connectivity index is 1.70. The molecule has 4 heteroatoms. The molecule has 112 valence electrons. The molecule has 0 aliphatic carbocycles. The summed E-state index contributed by atoms with van der Waals surface area (Å²) in [6, 6.07) is 13.8. The third-order valence-electron chi connectivity index (χ3n) is 4.52. The molecule has 0 N–H and O–H groups in total. The summed E-state index contributed by atoms with van der Waals surface area (Å²) >= 11 is 0. The molecule has 1 amide bonds. The number of likely N-dealkylation sites (tertiary alicyclic amines) is 1. The number of rotatable bonds is 2. The molecule has 4 rings (SSSR count). The van der Waals surface area contributed by atoms with Crippen LogP contribution in [0.1, 0.15) is 24.5 Å². The van der Waals surface area contributed by atoms with E-state index in [-0.39, 0.29) is 12.0 Å². The smallest absolute Gasteiger partial charge is 0.251 e. The van der Waals surface area contributed by atoms with Crippen molar-refractivity contribution in [1.29, 1.82) is 0 Å². The van der Waals surface area contributed by atoms with Gasteiger partial charge in [-0.05, 0) is 23.6 Å². The van der Waals surface area contributed by atoms with Gasteiger partial charge in [0.1, 0.15) is 0 Å². The predicted molar refractivity (Wildman–Crippen MR) is 85.9 cm³/mol. The maximum Gasteiger partial charge on any atom is 0.251 e. The zero-order chi connectivity index (χ0) is 14.9. The van der Waals surface area contributed by atoms with E-state index in [0.717, 1.165) is 42.3 Å². The van der Waals surface area contributed by atoms with E-state index in [1.54, 1.807) is 0 Å². The zero-order valence-corrected chi connectivity index (χ0v) is 12.3. The average Bonchev–Trinajstić information content (AvgIpc) is 3.25. The Labute approximate surface area is 129 Å². The number of carbonyl (C=O) groups excluding carboxylic acids is 1. The maximum atomic E-state index is 12.7. The van der Waals surface area contributed by atoms with Gasteiger partial charge in [-0.25, -0.2) is 4.99 Å². The molecule has 4 nitrogen and oxygen atoms in total. The summed E-state index contributed by atoms with van der Waals surface area (Å²) in [6.07, 6.45) is 3.29. The first kappa shape index (κ1) is 13.3. The molecule has 0 aromatic heterocycles. The number of fused-ring (bicyclic) bond motifs is 1. The van der Waals surface area contributed by atoms with Gasteiger partial charge in [-0.3, -0.25) is 4.79 Å². The topological polar surface area (TPSA) is 41.9 Å². The van der Waals surface area contributed by atoms with Crippen molar-refractivity contribution in [3.05, 3.63) is 48.0 Å². The number of carbonyl (C=O) groups is 1. The van der Waals surface area contributed by atoms with E-state index in [0.29, 0.717) is 0 Å². The second kappa shape index (κ2) is 5.44. The van der Waals surface area contributed by atoms with Crippen LogP contribution in [0, 0.1) is 0 Å². The van der Waals surface area contributed by atoms with Crippen LogP contribution >= 0.6 is 0 Å². The van der Waals surface area contributed by atoms with E-state index >= 15 is 0 Å². The number of hydrogen-bond donors (Lipinski definition) is 0. The Morgan fingerprint density at radius 3 is 2.73 bits per heavy atom. The van der Waals surface area contributed by atoms with Gasteiger partial charge >= 0.3 is 0 Å². The van der Waals surface area contributed by atoms with Gasteiger partial charge in [-0.1, -0.05) is 42.5 Å². The Morgan fingerprint density at radius 2 is 1.86 bits per heavy atom. The third-order valence-corrected chi connectivity index (χ3v) is 4.52. The van der Waals surface area contributed by atoms with Crippen LogP contribution < -0.4 is 0 Å². The first-order valence-electron chi connectivity index (χ1n) is 7.78. The summed E-state index contributed by atoms with van der Waals surface area (Å²) in [5.41, 5.74) is 1.04. The lowest BCUT2D eigenvalue weighted by molar-refractivity contribution is -0.133. The SMILES string of the molecule is O=C([C@H]1N=CO[C@@H]1c1cccc2ccccc12)N1CCCC1. The molecule has 2 aliphatic rings. The van der Waals surface area contributed by atoms with Crippen LogP contribution in [0.25, 0.3) is 10.8 Å². The average molecular weight is 294 g/mol. The first-order valence-corrected chi connectivity index (χ1v) is 7.78. The number of hydrogen-bond acceptors (Lipinski definition) is 3. The van der Waals surface area contributed by atoms with Crippen LogP contribution in [0.4, 0.5) is 0 Å². The summed E-state index contributed by atoms with van der Waals surface area (Å²) < 4.78 is 5.70. The Morgan fingerprint density at radius 1 is 1.09 bits per heavy atom. The van der Waals surface area contributed by atoms with Crippen LogP contribution in [0.3, 0.4) is 0 Å². The van der Waals surface area contributed by atoms with E-state index in [1.807, 2.05) is 29.2 Å². The minimum Gasteiger partial charge on any atom is -0.473 e. The van der Waals surface area contributed by atoms with Gasteiger partial charge in [0.15, 0.2) is 18.5 Å². The molecule has 0 saturated carbocycles. The lowest BCUT2D eigenvalue weighted by atomic mass is 9.96. The lowest BCUT2D eigenvalue weighted by Crippen LogP contribution is -2.38. The summed E-state index contributed by atoms with van der Waals surface area (Å²) in [4.78, 5) is 18.9. The number of aliphatic imine (C=N–C) groups is 1. The normalized spacial score (nSPS) is 23.9. The van der Waals surface area contributed by atoms with Gasteiger partial charge in [0.05, 0.1) is 0 Å². The summed E-state index contributed by atoms with van der Waals surface area (Å²) in [7, 11) is 0. The number of nitrogens with zero attached hydrogens (tertiary/aromatic N) is 2. The second-order valence-electron chi connectivity index (χ2n) is 5.86. The van der Waals surface area contributed by atoms with Crippen molar-refractivity contribution in [2.24, 2.45) is 4.99 Å². The van der Waals surface area contributed by atoms with Crippen LogP contribution in [-0.4, -0.2) is 36.3 Å². The Bertz CT molecular complexity index is 729. The van der Waals surface area contributed by atoms with Gasteiger partial charge in [-0.2, -0.15) is 0 Å². The van der Waals surface area contributed by atoms with E-state index in [2.05, 4.69) is 23.2 Å². The summed E-state index contributed by atoms with van der Waals surface area (Å²) in [5.74, 6) is 0.0872. The van der Waals surface area contributed by atoms with E-state index in [9.17, 15) is 4.79 Å². The minimum atomic E-state index is -0.455. The van der Waals surface area contributed by atoms with Gasteiger partial charge < -0.3 is 9.64 Å². The highest BCUT2D eigenvalue weighted by atomic mass is 16.5. The summed E-state index contributed by atoms with van der Waals surface area (Å²) in [6.45, 7) is 1.68. The Hall–Kier alpha value is -2.36. The van der Waals surface area contributed by atoms with E-state index < -0.39 is 6.04 Å². The molecule has 0 bridgehead atoms. The van der Waals surface area contributed by atoms with Crippen LogP contribution in [0.15, 0.2) is 47.5 Å². The fourth-order valence-electron chi connectivity index (χ4n) is 3.38. The molecule has 0 spiro atoms. The monoisotopic (exact) mass is 294 g/mol. The molecular weight excluding hydrogens is 276 g/mol. The van der Waals surface area contributed by atoms with E-state index in [4.69, 9.17) is 4.74 Å². The van der Waals surface area contributed by atoms with Crippen LogP contribution in [0.5, 0.6) is 0 Å². The standard InChI is InChI=1S/C18H18N2O2/c21-18(20-10-3-4-11-20)16-17(22-12-19-16)15-9-5-7-13-6-1-2-8-14(13)15/h1-2,5-9,12,16-17H,3-4,10-11H2/t16-,17+/m0/s1. The molecule has 22 heavy (non-hydrogen) atoms. The van der Waals surface area contributed by atoms with Crippen molar-refractivity contribution in [1.82, 2.24) is 4.90 Å². The van der Waals surface area contributed by atoms with Gasteiger partial charge in [-0.15, -0.1) is 0 Å². The van der Waals surface area contributed by atoms with Crippen molar-refractivity contribution in [3.63, 3.8) is 0 Å². The van der Waals surface area contributed by atoms with Crippen LogP contribution in [-0.2, 0) is 9.53 Å². The summed E-state index contributed by atoms with van der Waals surface area (Å²) in [5, 5.41) is 2.28. The van der Waals surface area contributed by atoms with Crippen molar-refractivity contribution in [2.45, 2.75) is 25.0 Å². The van der Waals surface area contributed by atoms with Crippen molar-refractivity contribution < 1.29 is 9.53 Å². The van der Waals surface area contributed by atoms with E-state index in [1.165, 1.54) is 6.40 Å². The number of amides is 1. The number of benzene rings is 2. The fraction of sp³-hybridized carbons (Fsp3) is 0.333. The first-order chi connectivity index (χ1) is 10.8. The molecular formula is C18H18N2O2. The second-order valence-corrected chi connectivity index (χ2v) is 5.86. The molecule has 1 fully saturated rings. The van der Waals surface area contributed by atoms with Crippen molar-refractivity contribution in [2.75, 3.05) is 13.1 Å².